The molecule has 0 aliphatic carbocycles. The zero-order valence-corrected chi connectivity index (χ0v) is 45.5. The van der Waals surface area contributed by atoms with Gasteiger partial charge in [-0.3, -0.25) is 14.4 Å². The van der Waals surface area contributed by atoms with Crippen LogP contribution in [0.1, 0.15) is 258 Å². The first-order valence-corrected chi connectivity index (χ1v) is 28.9. The van der Waals surface area contributed by atoms with E-state index in [9.17, 15) is 14.4 Å². The van der Waals surface area contributed by atoms with Crippen molar-refractivity contribution in [2.24, 2.45) is 0 Å². The molecule has 0 bridgehead atoms. The van der Waals surface area contributed by atoms with Gasteiger partial charge < -0.3 is 14.2 Å². The highest BCUT2D eigenvalue weighted by molar-refractivity contribution is 5.71. The zero-order valence-electron chi connectivity index (χ0n) is 45.5. The number of carbonyl (C=O) groups is 3. The molecule has 0 aromatic rings. The number of hydrogen-bond acceptors (Lipinski definition) is 6. The lowest BCUT2D eigenvalue weighted by atomic mass is 10.0. The quantitative estimate of drug-likeness (QED) is 0.0262. The summed E-state index contributed by atoms with van der Waals surface area (Å²) in [6.45, 7) is 6.35. The summed E-state index contributed by atoms with van der Waals surface area (Å²) in [5.74, 6) is -0.937. The van der Waals surface area contributed by atoms with Gasteiger partial charge in [0.1, 0.15) is 13.2 Å². The molecule has 0 rings (SSSR count). The van der Waals surface area contributed by atoms with Crippen molar-refractivity contribution in [2.75, 3.05) is 13.2 Å². The summed E-state index contributed by atoms with van der Waals surface area (Å²) in [6.07, 6.45) is 78.0. The normalized spacial score (nSPS) is 12.9. The minimum atomic E-state index is -0.798. The third-order valence-electron chi connectivity index (χ3n) is 12.0. The van der Waals surface area contributed by atoms with Crippen LogP contribution in [0.5, 0.6) is 0 Å². The van der Waals surface area contributed by atoms with Crippen molar-refractivity contribution in [3.63, 3.8) is 0 Å². The minimum absolute atomic E-state index is 0.0948. The summed E-state index contributed by atoms with van der Waals surface area (Å²) < 4.78 is 16.8. The summed E-state index contributed by atoms with van der Waals surface area (Å²) in [4.78, 5) is 38.1. The Hall–Kier alpha value is -3.93. The van der Waals surface area contributed by atoms with Gasteiger partial charge in [-0.05, 0) is 122 Å². The first kappa shape index (κ1) is 66.1. The first-order valence-electron chi connectivity index (χ1n) is 28.9. The lowest BCUT2D eigenvalue weighted by Gasteiger charge is -2.18. The van der Waals surface area contributed by atoms with Crippen molar-refractivity contribution in [3.05, 3.63) is 109 Å². The van der Waals surface area contributed by atoms with Gasteiger partial charge in [-0.2, -0.15) is 0 Å². The van der Waals surface area contributed by atoms with Gasteiger partial charge in [0.2, 0.25) is 0 Å². The molecule has 0 heterocycles. The second-order valence-electron chi connectivity index (χ2n) is 18.8. The van der Waals surface area contributed by atoms with E-state index in [1.807, 2.05) is 0 Å². The van der Waals surface area contributed by atoms with Crippen LogP contribution in [-0.4, -0.2) is 37.2 Å². The van der Waals surface area contributed by atoms with Crippen molar-refractivity contribution >= 4 is 17.9 Å². The van der Waals surface area contributed by atoms with E-state index in [1.54, 1.807) is 0 Å². The summed E-state index contributed by atoms with van der Waals surface area (Å²) in [7, 11) is 0. The van der Waals surface area contributed by atoms with Crippen LogP contribution in [0, 0.1) is 0 Å². The van der Waals surface area contributed by atoms with E-state index in [0.717, 1.165) is 128 Å². The van der Waals surface area contributed by atoms with Crippen molar-refractivity contribution in [1.29, 1.82) is 0 Å². The third kappa shape index (κ3) is 55.0. The van der Waals surface area contributed by atoms with Crippen molar-refractivity contribution in [3.8, 4) is 0 Å². The van der Waals surface area contributed by atoms with Crippen LogP contribution in [0.25, 0.3) is 0 Å². The van der Waals surface area contributed by atoms with Gasteiger partial charge >= 0.3 is 17.9 Å². The number of rotatable bonds is 51. The van der Waals surface area contributed by atoms with E-state index in [1.165, 1.54) is 89.9 Å². The molecule has 0 saturated heterocycles. The maximum atomic E-state index is 12.8. The van der Waals surface area contributed by atoms with Gasteiger partial charge in [0.25, 0.3) is 0 Å². The van der Waals surface area contributed by atoms with E-state index in [4.69, 9.17) is 14.2 Å². The van der Waals surface area contributed by atoms with Gasteiger partial charge in [-0.15, -0.1) is 0 Å². The molecule has 6 nitrogen and oxygen atoms in total. The van der Waals surface area contributed by atoms with E-state index >= 15 is 0 Å². The van der Waals surface area contributed by atoms with Gasteiger partial charge in [0.15, 0.2) is 6.10 Å². The molecule has 1 atom stereocenters. The number of ether oxygens (including phenoxy) is 3. The molecule has 0 fully saturated rings. The molecular formula is C64H106O6. The Morgan fingerprint density at radius 1 is 0.300 bits per heavy atom. The first-order chi connectivity index (χ1) is 34.5. The molecule has 6 heteroatoms. The number of allylic oxidation sites excluding steroid dienone is 18. The average molecular weight is 972 g/mol. The van der Waals surface area contributed by atoms with Crippen molar-refractivity contribution in [2.45, 2.75) is 264 Å². The molecule has 70 heavy (non-hydrogen) atoms. The smallest absolute Gasteiger partial charge is 0.306 e. The monoisotopic (exact) mass is 971 g/mol. The topological polar surface area (TPSA) is 78.9 Å². The lowest BCUT2D eigenvalue weighted by Crippen LogP contribution is -2.30. The maximum absolute atomic E-state index is 12.8. The molecule has 0 saturated carbocycles. The van der Waals surface area contributed by atoms with E-state index < -0.39 is 6.10 Å². The SMILES string of the molecule is CC/C=C\C/C=C\C/C=C\C/C=C\C/C=C\CCCCCCCCCCCCCC(=O)OCC(COC(=O)CCCCCCC/C=C\CCCCC)OC(=O)CCCCC/C=C\C/C=C\C/C=C\CC. The molecule has 0 spiro atoms. The Labute approximate surface area is 431 Å². The molecule has 0 aromatic heterocycles. The molecule has 0 aliphatic heterocycles. The zero-order chi connectivity index (χ0) is 50.7. The van der Waals surface area contributed by atoms with Gasteiger partial charge in [-0.25, -0.2) is 0 Å². The number of hydrogen-bond donors (Lipinski definition) is 0. The lowest BCUT2D eigenvalue weighted by molar-refractivity contribution is -0.167. The summed E-state index contributed by atoms with van der Waals surface area (Å²) in [6, 6.07) is 0. The predicted octanol–water partition coefficient (Wildman–Crippen LogP) is 19.5. The van der Waals surface area contributed by atoms with Crippen LogP contribution in [-0.2, 0) is 28.6 Å². The van der Waals surface area contributed by atoms with Crippen molar-refractivity contribution in [1.82, 2.24) is 0 Å². The summed E-state index contributed by atoms with van der Waals surface area (Å²) >= 11 is 0. The Bertz CT molecular complexity index is 1440. The van der Waals surface area contributed by atoms with Gasteiger partial charge in [-0.1, -0.05) is 226 Å². The highest BCUT2D eigenvalue weighted by Gasteiger charge is 2.19. The van der Waals surface area contributed by atoms with Crippen LogP contribution >= 0.6 is 0 Å². The molecule has 0 amide bonds. The molecule has 0 radical (unpaired) electrons. The second-order valence-corrected chi connectivity index (χ2v) is 18.8. The molecule has 0 N–H and O–H groups in total. The third-order valence-corrected chi connectivity index (χ3v) is 12.0. The van der Waals surface area contributed by atoms with Gasteiger partial charge in [0, 0.05) is 19.3 Å². The number of esters is 3. The molecular weight excluding hydrogens is 865 g/mol. The number of carbonyl (C=O) groups excluding carboxylic acids is 3. The standard InChI is InChI=1S/C64H106O6/c1-4-7-10-13-16-19-22-25-26-27-28-29-30-31-32-33-34-35-36-37-38-40-42-45-48-51-54-57-63(66)69-60-61(59-68-62(65)56-53-50-47-44-41-24-21-18-15-12-9-6-3)70-64(67)58-55-52-49-46-43-39-23-20-17-14-11-8-5-2/h7-8,10-11,16-21,25-26,28-29,31-32,39,43,61H,4-6,9,12-15,22-24,27,30,33-38,40-42,44-60H2,1-3H3/b10-7-,11-8-,19-16-,20-17-,21-18-,26-25-,29-28-,32-31-,43-39-. The highest BCUT2D eigenvalue weighted by atomic mass is 16.6. The molecule has 398 valence electrons. The predicted molar refractivity (Wildman–Crippen MR) is 302 cm³/mol. The Morgan fingerprint density at radius 2 is 0.557 bits per heavy atom. The van der Waals surface area contributed by atoms with Crippen LogP contribution < -0.4 is 0 Å². The van der Waals surface area contributed by atoms with Crippen molar-refractivity contribution < 1.29 is 28.6 Å². The average Bonchev–Trinajstić information content (AvgIpc) is 3.36. The van der Waals surface area contributed by atoms with E-state index in [-0.39, 0.29) is 37.5 Å². The van der Waals surface area contributed by atoms with Crippen LogP contribution in [0.15, 0.2) is 109 Å². The summed E-state index contributed by atoms with van der Waals surface area (Å²) in [5.41, 5.74) is 0. The molecule has 1 unspecified atom stereocenters. The van der Waals surface area contributed by atoms with E-state index in [2.05, 4.69) is 130 Å². The van der Waals surface area contributed by atoms with Gasteiger partial charge in [0.05, 0.1) is 0 Å². The molecule has 0 aliphatic rings. The summed E-state index contributed by atoms with van der Waals surface area (Å²) in [5, 5.41) is 0. The van der Waals surface area contributed by atoms with Crippen LogP contribution in [0.3, 0.4) is 0 Å². The fourth-order valence-corrected chi connectivity index (χ4v) is 7.71. The Balaban J connectivity index is 4.28. The Morgan fingerprint density at radius 3 is 0.900 bits per heavy atom. The maximum Gasteiger partial charge on any atom is 0.306 e. The fourth-order valence-electron chi connectivity index (χ4n) is 7.71. The fraction of sp³-hybridized carbons (Fsp3) is 0.672. The van der Waals surface area contributed by atoms with Crippen LogP contribution in [0.2, 0.25) is 0 Å². The minimum Gasteiger partial charge on any atom is -0.462 e. The Kier molecular flexibility index (Phi) is 54.4. The molecule has 0 aromatic carbocycles. The second kappa shape index (κ2) is 57.6. The largest absolute Gasteiger partial charge is 0.462 e. The highest BCUT2D eigenvalue weighted by Crippen LogP contribution is 2.15. The van der Waals surface area contributed by atoms with E-state index in [0.29, 0.717) is 12.8 Å². The van der Waals surface area contributed by atoms with Crippen LogP contribution in [0.4, 0.5) is 0 Å². The number of unbranched alkanes of at least 4 members (excludes halogenated alkanes) is 22.